The minimum Gasteiger partial charge on any atom is -0.351 e. The number of pyridine rings is 1. The molecular formula is C20H17FN4O2S. The number of hydrogen-bond donors (Lipinski definition) is 2. The maximum atomic E-state index is 13.0. The van der Waals surface area contributed by atoms with Crippen molar-refractivity contribution in [1.82, 2.24) is 15.3 Å². The SMILES string of the molecule is O=C(Nc1nc2c(s1)CC[C@H]2C(=O)NCc1ccncc1)c1ccc(F)cc1. The number of aryl methyl sites for hydroxylation is 1. The van der Waals surface area contributed by atoms with Crippen LogP contribution in [0.15, 0.2) is 48.8 Å². The molecule has 0 saturated carbocycles. The van der Waals surface area contributed by atoms with Gasteiger partial charge in [0.15, 0.2) is 5.13 Å². The molecule has 0 fully saturated rings. The van der Waals surface area contributed by atoms with Gasteiger partial charge in [-0.2, -0.15) is 0 Å². The van der Waals surface area contributed by atoms with Crippen molar-refractivity contribution in [2.24, 2.45) is 0 Å². The Kier molecular flexibility index (Phi) is 5.12. The molecule has 0 spiro atoms. The molecule has 3 aromatic rings. The number of rotatable bonds is 5. The maximum Gasteiger partial charge on any atom is 0.257 e. The fourth-order valence-corrected chi connectivity index (χ4v) is 4.15. The standard InChI is InChI=1S/C20H17FN4O2S/c21-14-3-1-13(2-4-14)18(26)25-20-24-17-15(5-6-16(17)28-20)19(27)23-11-12-7-9-22-10-8-12/h1-4,7-10,15H,5-6,11H2,(H,23,27)(H,24,25,26)/t15-/m1/s1. The number of amides is 2. The summed E-state index contributed by atoms with van der Waals surface area (Å²) in [5.41, 5.74) is 2.06. The molecule has 142 valence electrons. The van der Waals surface area contributed by atoms with Crippen LogP contribution in [0.1, 0.15) is 38.8 Å². The Hall–Kier alpha value is -3.13. The average Bonchev–Trinajstić information content (AvgIpc) is 3.27. The summed E-state index contributed by atoms with van der Waals surface area (Å²) in [7, 11) is 0. The van der Waals surface area contributed by atoms with Crippen molar-refractivity contribution in [3.05, 3.63) is 76.3 Å². The summed E-state index contributed by atoms with van der Waals surface area (Å²) in [5.74, 6) is -1.14. The molecule has 2 aromatic heterocycles. The predicted molar refractivity (Wildman–Crippen MR) is 104 cm³/mol. The number of hydrogen-bond acceptors (Lipinski definition) is 5. The molecule has 0 saturated heterocycles. The monoisotopic (exact) mass is 396 g/mol. The third kappa shape index (κ3) is 3.91. The van der Waals surface area contributed by atoms with E-state index in [2.05, 4.69) is 20.6 Å². The lowest BCUT2D eigenvalue weighted by atomic mass is 10.1. The molecule has 1 aliphatic carbocycles. The summed E-state index contributed by atoms with van der Waals surface area (Å²) in [6, 6.07) is 9.01. The summed E-state index contributed by atoms with van der Waals surface area (Å²) in [6.45, 7) is 0.436. The third-order valence-electron chi connectivity index (χ3n) is 4.58. The molecule has 4 rings (SSSR count). The van der Waals surface area contributed by atoms with Crippen molar-refractivity contribution in [1.29, 1.82) is 0 Å². The van der Waals surface area contributed by atoms with Crippen LogP contribution in [0, 0.1) is 5.82 Å². The molecule has 0 bridgehead atoms. The van der Waals surface area contributed by atoms with E-state index in [1.54, 1.807) is 12.4 Å². The van der Waals surface area contributed by atoms with Gasteiger partial charge in [0.2, 0.25) is 5.91 Å². The number of thiazole rings is 1. The first-order chi connectivity index (χ1) is 13.6. The lowest BCUT2D eigenvalue weighted by Crippen LogP contribution is -2.28. The zero-order valence-corrected chi connectivity index (χ0v) is 15.6. The van der Waals surface area contributed by atoms with Crippen molar-refractivity contribution in [3.8, 4) is 0 Å². The smallest absolute Gasteiger partial charge is 0.257 e. The molecule has 2 amide bonds. The first-order valence-corrected chi connectivity index (χ1v) is 9.65. The highest BCUT2D eigenvalue weighted by Gasteiger charge is 2.32. The normalized spacial score (nSPS) is 15.1. The molecule has 1 aromatic carbocycles. The number of nitrogens with one attached hydrogen (secondary N) is 2. The second-order valence-electron chi connectivity index (χ2n) is 6.45. The second kappa shape index (κ2) is 7.85. The Labute approximate surface area is 164 Å². The highest BCUT2D eigenvalue weighted by molar-refractivity contribution is 7.16. The molecule has 6 nitrogen and oxygen atoms in total. The van der Waals surface area contributed by atoms with E-state index in [4.69, 9.17) is 0 Å². The number of nitrogens with zero attached hydrogens (tertiary/aromatic N) is 2. The molecule has 1 aliphatic rings. The second-order valence-corrected chi connectivity index (χ2v) is 7.54. The van der Waals surface area contributed by atoms with Gasteiger partial charge in [-0.1, -0.05) is 0 Å². The van der Waals surface area contributed by atoms with E-state index in [0.717, 1.165) is 22.6 Å². The van der Waals surface area contributed by atoms with E-state index in [9.17, 15) is 14.0 Å². The van der Waals surface area contributed by atoms with Gasteiger partial charge in [-0.15, -0.1) is 11.3 Å². The van der Waals surface area contributed by atoms with Gasteiger partial charge in [-0.05, 0) is 54.8 Å². The topological polar surface area (TPSA) is 84.0 Å². The van der Waals surface area contributed by atoms with E-state index >= 15 is 0 Å². The van der Waals surface area contributed by atoms with Crippen LogP contribution in [0.5, 0.6) is 0 Å². The summed E-state index contributed by atoms with van der Waals surface area (Å²) in [6.07, 6.45) is 4.84. The van der Waals surface area contributed by atoms with Gasteiger partial charge in [-0.25, -0.2) is 9.37 Å². The molecule has 0 unspecified atom stereocenters. The van der Waals surface area contributed by atoms with E-state index < -0.39 is 5.82 Å². The van der Waals surface area contributed by atoms with Crippen LogP contribution in [-0.4, -0.2) is 21.8 Å². The van der Waals surface area contributed by atoms with Gasteiger partial charge >= 0.3 is 0 Å². The number of carbonyl (C=O) groups is 2. The Balaban J connectivity index is 1.41. The molecular weight excluding hydrogens is 379 g/mol. The molecule has 0 aliphatic heterocycles. The highest BCUT2D eigenvalue weighted by Crippen LogP contribution is 2.38. The largest absolute Gasteiger partial charge is 0.351 e. The number of halogens is 1. The van der Waals surface area contributed by atoms with Gasteiger partial charge in [-0.3, -0.25) is 19.9 Å². The van der Waals surface area contributed by atoms with Crippen LogP contribution < -0.4 is 10.6 Å². The molecule has 0 radical (unpaired) electrons. The van der Waals surface area contributed by atoms with Crippen molar-refractivity contribution in [3.63, 3.8) is 0 Å². The number of fused-ring (bicyclic) bond motifs is 1. The van der Waals surface area contributed by atoms with Gasteiger partial charge < -0.3 is 5.32 Å². The highest BCUT2D eigenvalue weighted by atomic mass is 32.1. The van der Waals surface area contributed by atoms with Crippen molar-refractivity contribution in [2.75, 3.05) is 5.32 Å². The summed E-state index contributed by atoms with van der Waals surface area (Å²) in [4.78, 5) is 34.3. The minimum absolute atomic E-state index is 0.0720. The Morgan fingerprint density at radius 1 is 1.14 bits per heavy atom. The van der Waals surface area contributed by atoms with Gasteiger partial charge in [0.1, 0.15) is 5.82 Å². The first-order valence-electron chi connectivity index (χ1n) is 8.83. The van der Waals surface area contributed by atoms with E-state index in [1.165, 1.54) is 35.6 Å². The lowest BCUT2D eigenvalue weighted by molar-refractivity contribution is -0.122. The molecule has 2 heterocycles. The molecule has 28 heavy (non-hydrogen) atoms. The zero-order valence-electron chi connectivity index (χ0n) is 14.8. The quantitative estimate of drug-likeness (QED) is 0.693. The number of carbonyl (C=O) groups excluding carboxylic acids is 2. The van der Waals surface area contributed by atoms with Gasteiger partial charge in [0, 0.05) is 29.4 Å². The fourth-order valence-electron chi connectivity index (χ4n) is 3.12. The van der Waals surface area contributed by atoms with E-state index in [-0.39, 0.29) is 17.7 Å². The van der Waals surface area contributed by atoms with Crippen molar-refractivity contribution < 1.29 is 14.0 Å². The average molecular weight is 396 g/mol. The van der Waals surface area contributed by atoms with Crippen LogP contribution in [0.2, 0.25) is 0 Å². The number of benzene rings is 1. The van der Waals surface area contributed by atoms with Crippen LogP contribution in [0.25, 0.3) is 0 Å². The predicted octanol–water partition coefficient (Wildman–Crippen LogP) is 3.28. The van der Waals surface area contributed by atoms with Crippen LogP contribution in [0.4, 0.5) is 9.52 Å². The Morgan fingerprint density at radius 2 is 1.89 bits per heavy atom. The van der Waals surface area contributed by atoms with Crippen molar-refractivity contribution in [2.45, 2.75) is 25.3 Å². The third-order valence-corrected chi connectivity index (χ3v) is 5.62. The van der Waals surface area contributed by atoms with E-state index in [0.29, 0.717) is 23.7 Å². The number of aromatic nitrogens is 2. The van der Waals surface area contributed by atoms with E-state index in [1.807, 2.05) is 12.1 Å². The molecule has 1 atom stereocenters. The summed E-state index contributed by atoms with van der Waals surface area (Å²) >= 11 is 1.38. The fraction of sp³-hybridized carbons (Fsp3) is 0.200. The zero-order chi connectivity index (χ0) is 19.5. The lowest BCUT2D eigenvalue weighted by Gasteiger charge is -2.10. The van der Waals surface area contributed by atoms with Gasteiger partial charge in [0.05, 0.1) is 11.6 Å². The Morgan fingerprint density at radius 3 is 2.64 bits per heavy atom. The molecule has 8 heteroatoms. The summed E-state index contributed by atoms with van der Waals surface area (Å²) < 4.78 is 13.0. The van der Waals surface area contributed by atoms with Crippen LogP contribution in [0.3, 0.4) is 0 Å². The molecule has 2 N–H and O–H groups in total. The number of anilines is 1. The van der Waals surface area contributed by atoms with Crippen LogP contribution >= 0.6 is 11.3 Å². The minimum atomic E-state index is -0.398. The summed E-state index contributed by atoms with van der Waals surface area (Å²) in [5, 5.41) is 6.12. The van der Waals surface area contributed by atoms with Crippen LogP contribution in [-0.2, 0) is 17.8 Å². The Bertz CT molecular complexity index is 1000. The first kappa shape index (κ1) is 18.2. The maximum absolute atomic E-state index is 13.0. The van der Waals surface area contributed by atoms with Gasteiger partial charge in [0.25, 0.3) is 5.91 Å². The van der Waals surface area contributed by atoms with Crippen molar-refractivity contribution >= 4 is 28.3 Å².